The van der Waals surface area contributed by atoms with E-state index in [1.165, 1.54) is 0 Å². The van der Waals surface area contributed by atoms with E-state index in [0.29, 0.717) is 24.9 Å². The number of carbonyl (C=O) groups excluding carboxylic acids is 1. The minimum atomic E-state index is -0.127. The van der Waals surface area contributed by atoms with Crippen LogP contribution in [0.3, 0.4) is 0 Å². The van der Waals surface area contributed by atoms with E-state index in [1.807, 2.05) is 44.2 Å². The fraction of sp³-hybridized carbons (Fsp3) is 0.500. The van der Waals surface area contributed by atoms with E-state index in [4.69, 9.17) is 9.26 Å². The zero-order valence-corrected chi connectivity index (χ0v) is 14.1. The van der Waals surface area contributed by atoms with Gasteiger partial charge < -0.3 is 14.2 Å². The summed E-state index contributed by atoms with van der Waals surface area (Å²) in [6.45, 7) is 5.24. The number of ether oxygens (including phenoxy) is 1. The van der Waals surface area contributed by atoms with Crippen molar-refractivity contribution in [1.82, 2.24) is 15.0 Å². The number of benzene rings is 1. The van der Waals surface area contributed by atoms with Crippen molar-refractivity contribution < 1.29 is 14.1 Å². The minimum absolute atomic E-state index is 0.0299. The smallest absolute Gasteiger partial charge is 0.249 e. The normalized spacial score (nSPS) is 17.6. The summed E-state index contributed by atoms with van der Waals surface area (Å²) in [6.07, 6.45) is 1.79. The Bertz CT molecular complexity index is 669. The number of hydrogen-bond donors (Lipinski definition) is 0. The van der Waals surface area contributed by atoms with Crippen LogP contribution in [0.4, 0.5) is 0 Å². The number of nitrogens with zero attached hydrogens (tertiary/aromatic N) is 3. The Balaban J connectivity index is 1.57. The maximum atomic E-state index is 12.5. The molecule has 1 aromatic heterocycles. The van der Waals surface area contributed by atoms with Gasteiger partial charge in [0.25, 0.3) is 0 Å². The first-order chi connectivity index (χ1) is 11.6. The Morgan fingerprint density at radius 2 is 2.17 bits per heavy atom. The average Bonchev–Trinajstić information content (AvgIpc) is 3.24. The molecule has 1 saturated heterocycles. The number of aromatic nitrogens is 2. The highest BCUT2D eigenvalue weighted by atomic mass is 16.5. The molecule has 1 amide bonds. The summed E-state index contributed by atoms with van der Waals surface area (Å²) in [5.41, 5.74) is 1.06. The van der Waals surface area contributed by atoms with Gasteiger partial charge in [0.2, 0.25) is 11.8 Å². The molecule has 1 fully saturated rings. The number of carbonyl (C=O) groups is 1. The van der Waals surface area contributed by atoms with E-state index >= 15 is 0 Å². The van der Waals surface area contributed by atoms with Gasteiger partial charge in [-0.1, -0.05) is 49.3 Å². The third-order valence-electron chi connectivity index (χ3n) is 4.17. The average molecular weight is 329 g/mol. The van der Waals surface area contributed by atoms with Gasteiger partial charge in [0, 0.05) is 12.5 Å². The molecule has 1 atom stereocenters. The summed E-state index contributed by atoms with van der Waals surface area (Å²) in [4.78, 5) is 18.7. The van der Waals surface area contributed by atoms with Crippen molar-refractivity contribution in [2.24, 2.45) is 0 Å². The van der Waals surface area contributed by atoms with E-state index in [1.54, 1.807) is 4.90 Å². The second-order valence-electron chi connectivity index (χ2n) is 6.37. The molecule has 2 aromatic rings. The lowest BCUT2D eigenvalue weighted by molar-refractivity contribution is -0.138. The van der Waals surface area contributed by atoms with Gasteiger partial charge in [0.05, 0.1) is 6.61 Å². The van der Waals surface area contributed by atoms with Crippen LogP contribution in [0.1, 0.15) is 55.9 Å². The van der Waals surface area contributed by atoms with Gasteiger partial charge >= 0.3 is 0 Å². The molecule has 2 heterocycles. The summed E-state index contributed by atoms with van der Waals surface area (Å²) in [5.74, 6) is 1.40. The SMILES string of the molecule is CC(C)c1noc([C@@H]2CCCN2C(=O)COCc2ccccc2)n1. The molecular weight excluding hydrogens is 306 g/mol. The van der Waals surface area contributed by atoms with Crippen molar-refractivity contribution in [3.8, 4) is 0 Å². The molecular formula is C18H23N3O3. The molecule has 0 spiro atoms. The third-order valence-corrected chi connectivity index (χ3v) is 4.17. The van der Waals surface area contributed by atoms with Crippen LogP contribution >= 0.6 is 0 Å². The molecule has 3 rings (SSSR count). The summed E-state index contributed by atoms with van der Waals surface area (Å²) < 4.78 is 10.9. The van der Waals surface area contributed by atoms with Crippen molar-refractivity contribution in [2.75, 3.05) is 13.2 Å². The maximum absolute atomic E-state index is 12.5. The number of likely N-dealkylation sites (tertiary alicyclic amines) is 1. The van der Waals surface area contributed by atoms with Gasteiger partial charge in [-0.05, 0) is 18.4 Å². The van der Waals surface area contributed by atoms with Crippen molar-refractivity contribution in [3.05, 3.63) is 47.6 Å². The Morgan fingerprint density at radius 3 is 2.88 bits per heavy atom. The Kier molecular flexibility index (Phi) is 5.25. The van der Waals surface area contributed by atoms with Crippen LogP contribution in [0, 0.1) is 0 Å². The van der Waals surface area contributed by atoms with Crippen LogP contribution in [-0.4, -0.2) is 34.1 Å². The molecule has 6 nitrogen and oxygen atoms in total. The zero-order chi connectivity index (χ0) is 16.9. The lowest BCUT2D eigenvalue weighted by Gasteiger charge is -2.21. The summed E-state index contributed by atoms with van der Waals surface area (Å²) in [7, 11) is 0. The first kappa shape index (κ1) is 16.6. The molecule has 0 unspecified atom stereocenters. The van der Waals surface area contributed by atoms with E-state index < -0.39 is 0 Å². The standard InChI is InChI=1S/C18H23N3O3/c1-13(2)17-19-18(24-20-17)15-9-6-10-21(15)16(22)12-23-11-14-7-4-3-5-8-14/h3-5,7-8,13,15H,6,9-12H2,1-2H3/t15-/m0/s1. The van der Waals surface area contributed by atoms with Gasteiger partial charge in [-0.15, -0.1) is 0 Å². The monoisotopic (exact) mass is 329 g/mol. The third kappa shape index (κ3) is 3.82. The number of amides is 1. The Labute approximate surface area is 141 Å². The first-order valence-corrected chi connectivity index (χ1v) is 8.40. The molecule has 0 aliphatic carbocycles. The summed E-state index contributed by atoms with van der Waals surface area (Å²) >= 11 is 0. The molecule has 6 heteroatoms. The molecule has 1 aliphatic rings. The molecule has 24 heavy (non-hydrogen) atoms. The zero-order valence-electron chi connectivity index (χ0n) is 14.1. The summed E-state index contributed by atoms with van der Waals surface area (Å²) in [5, 5.41) is 4.00. The highest BCUT2D eigenvalue weighted by molar-refractivity contribution is 5.78. The minimum Gasteiger partial charge on any atom is -0.367 e. The lowest BCUT2D eigenvalue weighted by Crippen LogP contribution is -2.33. The predicted molar refractivity (Wildman–Crippen MR) is 88.2 cm³/mol. The van der Waals surface area contributed by atoms with Crippen LogP contribution < -0.4 is 0 Å². The van der Waals surface area contributed by atoms with Crippen molar-refractivity contribution in [1.29, 1.82) is 0 Å². The second kappa shape index (κ2) is 7.57. The largest absolute Gasteiger partial charge is 0.367 e. The second-order valence-corrected chi connectivity index (χ2v) is 6.37. The molecule has 0 saturated carbocycles. The van der Waals surface area contributed by atoms with Crippen LogP contribution in [-0.2, 0) is 16.1 Å². The molecule has 0 N–H and O–H groups in total. The van der Waals surface area contributed by atoms with E-state index in [2.05, 4.69) is 10.1 Å². The Morgan fingerprint density at radius 1 is 1.38 bits per heavy atom. The van der Waals surface area contributed by atoms with Gasteiger partial charge in [0.15, 0.2) is 5.82 Å². The predicted octanol–water partition coefficient (Wildman–Crippen LogP) is 3.07. The van der Waals surface area contributed by atoms with Crippen LogP contribution in [0.15, 0.2) is 34.9 Å². The van der Waals surface area contributed by atoms with Gasteiger partial charge in [-0.2, -0.15) is 4.98 Å². The molecule has 0 bridgehead atoms. The van der Waals surface area contributed by atoms with Crippen molar-refractivity contribution in [2.45, 2.75) is 45.3 Å². The Hall–Kier alpha value is -2.21. The van der Waals surface area contributed by atoms with E-state index in [-0.39, 0.29) is 24.5 Å². The highest BCUT2D eigenvalue weighted by Crippen LogP contribution is 2.31. The fourth-order valence-electron chi connectivity index (χ4n) is 2.85. The summed E-state index contributed by atoms with van der Waals surface area (Å²) in [6, 6.07) is 9.71. The highest BCUT2D eigenvalue weighted by Gasteiger charge is 2.34. The van der Waals surface area contributed by atoms with E-state index in [9.17, 15) is 4.79 Å². The van der Waals surface area contributed by atoms with Crippen LogP contribution in [0.25, 0.3) is 0 Å². The fourth-order valence-corrected chi connectivity index (χ4v) is 2.85. The molecule has 1 aromatic carbocycles. The number of rotatable bonds is 6. The lowest BCUT2D eigenvalue weighted by atomic mass is 10.2. The van der Waals surface area contributed by atoms with Gasteiger partial charge in [-0.25, -0.2) is 0 Å². The van der Waals surface area contributed by atoms with Gasteiger partial charge in [-0.3, -0.25) is 4.79 Å². The maximum Gasteiger partial charge on any atom is 0.249 e. The van der Waals surface area contributed by atoms with Crippen molar-refractivity contribution in [3.63, 3.8) is 0 Å². The van der Waals surface area contributed by atoms with Crippen molar-refractivity contribution >= 4 is 5.91 Å². The van der Waals surface area contributed by atoms with Gasteiger partial charge in [0.1, 0.15) is 12.6 Å². The van der Waals surface area contributed by atoms with Crippen LogP contribution in [0.5, 0.6) is 0 Å². The molecule has 128 valence electrons. The van der Waals surface area contributed by atoms with Crippen LogP contribution in [0.2, 0.25) is 0 Å². The quantitative estimate of drug-likeness (QED) is 0.814. The molecule has 0 radical (unpaired) electrons. The van der Waals surface area contributed by atoms with E-state index in [0.717, 1.165) is 18.4 Å². The molecule has 1 aliphatic heterocycles. The number of hydrogen-bond acceptors (Lipinski definition) is 5. The first-order valence-electron chi connectivity index (χ1n) is 8.40. The topological polar surface area (TPSA) is 68.5 Å².